The Hall–Kier alpha value is -2.48. The second-order valence-corrected chi connectivity index (χ2v) is 9.57. The highest BCUT2D eigenvalue weighted by molar-refractivity contribution is 5.41. The van der Waals surface area contributed by atoms with Gasteiger partial charge >= 0.3 is 0 Å². The quantitative estimate of drug-likeness (QED) is 0.715. The van der Waals surface area contributed by atoms with E-state index in [2.05, 4.69) is 26.3 Å². The monoisotopic (exact) mass is 438 g/mol. The highest BCUT2D eigenvalue weighted by Gasteiger charge is 2.29. The lowest BCUT2D eigenvalue weighted by molar-refractivity contribution is 0.0669. The third-order valence-electron chi connectivity index (χ3n) is 7.47. The molecule has 0 spiro atoms. The standard InChI is InChI=1S/C24H34N6O2/c31-21-10-2-1-9-20(21)30-24(32)12-11-23(28-30)29-13-4-3-8-18(29)15-25-22-14-19(26-16-27-22)17-6-5-7-17/h11-12,14,16-18,20-21,31H,1-10,13,15H2,(H,25,26,27). The zero-order valence-corrected chi connectivity index (χ0v) is 18.7. The molecule has 8 nitrogen and oxygen atoms in total. The maximum atomic E-state index is 12.6. The van der Waals surface area contributed by atoms with E-state index in [1.54, 1.807) is 12.4 Å². The predicted molar refractivity (Wildman–Crippen MR) is 124 cm³/mol. The van der Waals surface area contributed by atoms with Gasteiger partial charge < -0.3 is 15.3 Å². The molecule has 3 atom stereocenters. The Bertz CT molecular complexity index is 975. The Balaban J connectivity index is 1.31. The predicted octanol–water partition coefficient (Wildman–Crippen LogP) is 3.25. The van der Waals surface area contributed by atoms with Crippen LogP contribution >= 0.6 is 0 Å². The van der Waals surface area contributed by atoms with E-state index >= 15 is 0 Å². The summed E-state index contributed by atoms with van der Waals surface area (Å²) >= 11 is 0. The second-order valence-electron chi connectivity index (χ2n) is 9.57. The van der Waals surface area contributed by atoms with Gasteiger partial charge in [-0.15, -0.1) is 0 Å². The molecule has 32 heavy (non-hydrogen) atoms. The molecule has 3 heterocycles. The van der Waals surface area contributed by atoms with Crippen molar-refractivity contribution in [3.05, 3.63) is 40.6 Å². The minimum absolute atomic E-state index is 0.129. The Morgan fingerprint density at radius 2 is 1.84 bits per heavy atom. The molecular weight excluding hydrogens is 404 g/mol. The van der Waals surface area contributed by atoms with Crippen LogP contribution in [0.15, 0.2) is 29.3 Å². The van der Waals surface area contributed by atoms with Gasteiger partial charge in [-0.1, -0.05) is 19.3 Å². The fourth-order valence-corrected chi connectivity index (χ4v) is 5.32. The molecule has 5 rings (SSSR count). The SMILES string of the molecule is O=c1ccc(N2CCCCC2CNc2cc(C3CCC3)ncn2)nn1C1CCCCC1O. The zero-order valence-electron chi connectivity index (χ0n) is 18.7. The van der Waals surface area contributed by atoms with Crippen molar-refractivity contribution in [1.29, 1.82) is 0 Å². The van der Waals surface area contributed by atoms with Crippen LogP contribution in [0.5, 0.6) is 0 Å². The summed E-state index contributed by atoms with van der Waals surface area (Å²) < 4.78 is 1.54. The van der Waals surface area contributed by atoms with E-state index in [1.807, 2.05) is 6.07 Å². The van der Waals surface area contributed by atoms with Crippen molar-refractivity contribution in [2.24, 2.45) is 0 Å². The van der Waals surface area contributed by atoms with Crippen LogP contribution in [0.25, 0.3) is 0 Å². The van der Waals surface area contributed by atoms with Crippen molar-refractivity contribution in [3.8, 4) is 0 Å². The number of anilines is 2. The van der Waals surface area contributed by atoms with Crippen LogP contribution < -0.4 is 15.8 Å². The number of hydrogen-bond acceptors (Lipinski definition) is 7. The molecule has 3 unspecified atom stereocenters. The van der Waals surface area contributed by atoms with Gasteiger partial charge in [0.05, 0.1) is 12.1 Å². The fourth-order valence-electron chi connectivity index (χ4n) is 5.32. The molecule has 3 fully saturated rings. The van der Waals surface area contributed by atoms with Crippen molar-refractivity contribution in [1.82, 2.24) is 19.7 Å². The second kappa shape index (κ2) is 9.57. The lowest BCUT2D eigenvalue weighted by Gasteiger charge is -2.37. The van der Waals surface area contributed by atoms with Gasteiger partial charge in [-0.25, -0.2) is 14.6 Å². The van der Waals surface area contributed by atoms with Gasteiger partial charge in [0.15, 0.2) is 0 Å². The average Bonchev–Trinajstić information content (AvgIpc) is 2.78. The van der Waals surface area contributed by atoms with Crippen molar-refractivity contribution in [2.45, 2.75) is 88.3 Å². The van der Waals surface area contributed by atoms with E-state index < -0.39 is 6.10 Å². The normalized spacial score (nSPS) is 26.5. The van der Waals surface area contributed by atoms with Crippen molar-refractivity contribution < 1.29 is 5.11 Å². The summed E-state index contributed by atoms with van der Waals surface area (Å²) in [7, 11) is 0. The first kappa shape index (κ1) is 21.4. The number of piperidine rings is 1. The largest absolute Gasteiger partial charge is 0.391 e. The highest BCUT2D eigenvalue weighted by atomic mass is 16.3. The van der Waals surface area contributed by atoms with Crippen LogP contribution in [0.3, 0.4) is 0 Å². The van der Waals surface area contributed by atoms with Crippen LogP contribution in [0.2, 0.25) is 0 Å². The van der Waals surface area contributed by atoms with Crippen LogP contribution in [-0.2, 0) is 0 Å². The van der Waals surface area contributed by atoms with Crippen LogP contribution in [0.1, 0.15) is 81.9 Å². The lowest BCUT2D eigenvalue weighted by atomic mass is 9.83. The Kier molecular flexibility index (Phi) is 6.39. The third-order valence-corrected chi connectivity index (χ3v) is 7.47. The van der Waals surface area contributed by atoms with Gasteiger partial charge in [-0.3, -0.25) is 4.79 Å². The number of nitrogens with one attached hydrogen (secondary N) is 1. The molecule has 2 N–H and O–H groups in total. The molecule has 1 saturated heterocycles. The fraction of sp³-hybridized carbons (Fsp3) is 0.667. The molecule has 2 saturated carbocycles. The lowest BCUT2D eigenvalue weighted by Crippen LogP contribution is -2.45. The number of rotatable bonds is 6. The zero-order chi connectivity index (χ0) is 21.9. The molecule has 2 aromatic rings. The molecular formula is C24H34N6O2. The molecule has 2 aromatic heterocycles. The van der Waals surface area contributed by atoms with Crippen molar-refractivity contribution >= 4 is 11.6 Å². The molecule has 0 aromatic carbocycles. The maximum Gasteiger partial charge on any atom is 0.267 e. The summed E-state index contributed by atoms with van der Waals surface area (Å²) in [5.41, 5.74) is 1.02. The van der Waals surface area contributed by atoms with Gasteiger partial charge in [-0.05, 0) is 51.0 Å². The topological polar surface area (TPSA) is 96.2 Å². The first-order valence-corrected chi connectivity index (χ1v) is 12.3. The molecule has 2 aliphatic carbocycles. The summed E-state index contributed by atoms with van der Waals surface area (Å²) in [5.74, 6) is 2.30. The van der Waals surface area contributed by atoms with E-state index in [4.69, 9.17) is 5.10 Å². The molecule has 1 aliphatic heterocycles. The first-order valence-electron chi connectivity index (χ1n) is 12.3. The molecule has 3 aliphatic rings. The van der Waals surface area contributed by atoms with Crippen molar-refractivity contribution in [3.63, 3.8) is 0 Å². The van der Waals surface area contributed by atoms with Gasteiger partial charge in [0.25, 0.3) is 5.56 Å². The minimum Gasteiger partial charge on any atom is -0.391 e. The smallest absolute Gasteiger partial charge is 0.267 e. The number of aromatic nitrogens is 4. The van der Waals surface area contributed by atoms with E-state index in [1.165, 1.54) is 30.4 Å². The minimum atomic E-state index is -0.495. The molecule has 0 radical (unpaired) electrons. The highest BCUT2D eigenvalue weighted by Crippen LogP contribution is 2.35. The van der Waals surface area contributed by atoms with Crippen LogP contribution in [0, 0.1) is 0 Å². The Morgan fingerprint density at radius 3 is 2.66 bits per heavy atom. The van der Waals surface area contributed by atoms with E-state index in [9.17, 15) is 9.90 Å². The first-order chi connectivity index (χ1) is 15.7. The average molecular weight is 439 g/mol. The van der Waals surface area contributed by atoms with Crippen LogP contribution in [-0.4, -0.2) is 50.1 Å². The van der Waals surface area contributed by atoms with Crippen molar-refractivity contribution in [2.75, 3.05) is 23.3 Å². The Morgan fingerprint density at radius 1 is 1.00 bits per heavy atom. The molecule has 172 valence electrons. The Labute approximate surface area is 189 Å². The van der Waals surface area contributed by atoms with Crippen LogP contribution in [0.4, 0.5) is 11.6 Å². The number of nitrogens with zero attached hydrogens (tertiary/aromatic N) is 5. The summed E-state index contributed by atoms with van der Waals surface area (Å²) in [6, 6.07) is 5.60. The molecule has 0 bridgehead atoms. The van der Waals surface area contributed by atoms with E-state index in [-0.39, 0.29) is 17.6 Å². The number of aliphatic hydroxyl groups excluding tert-OH is 1. The summed E-state index contributed by atoms with van der Waals surface area (Å²) in [5, 5.41) is 18.7. The summed E-state index contributed by atoms with van der Waals surface area (Å²) in [6.45, 7) is 1.69. The number of aliphatic hydroxyl groups is 1. The van der Waals surface area contributed by atoms with Gasteiger partial charge in [0.1, 0.15) is 18.0 Å². The molecule has 0 amide bonds. The van der Waals surface area contributed by atoms with Gasteiger partial charge in [0.2, 0.25) is 0 Å². The van der Waals surface area contributed by atoms with E-state index in [0.717, 1.165) is 68.9 Å². The summed E-state index contributed by atoms with van der Waals surface area (Å²) in [4.78, 5) is 23.8. The van der Waals surface area contributed by atoms with Gasteiger partial charge in [0, 0.05) is 42.9 Å². The molecule has 8 heteroatoms. The summed E-state index contributed by atoms with van der Waals surface area (Å²) in [6.07, 6.45) is 11.9. The maximum absolute atomic E-state index is 12.6. The van der Waals surface area contributed by atoms with Gasteiger partial charge in [-0.2, -0.15) is 5.10 Å². The number of hydrogen-bond donors (Lipinski definition) is 2. The third kappa shape index (κ3) is 4.51. The van der Waals surface area contributed by atoms with E-state index in [0.29, 0.717) is 5.92 Å².